The van der Waals surface area contributed by atoms with Crippen molar-refractivity contribution in [3.05, 3.63) is 24.6 Å². The molecule has 0 atom stereocenters. The Balaban J connectivity index is 1.90. The highest BCUT2D eigenvalue weighted by molar-refractivity contribution is 6.02. The number of aromatic nitrogens is 3. The summed E-state index contributed by atoms with van der Waals surface area (Å²) >= 11 is 0. The molecule has 0 saturated carbocycles. The first-order valence-corrected chi connectivity index (χ1v) is 12.2. The van der Waals surface area contributed by atoms with E-state index in [1.54, 1.807) is 0 Å². The molecular weight excluding hydrogens is 396 g/mol. The average molecular weight is 441 g/mol. The normalized spacial score (nSPS) is 21.6. The Bertz CT molecular complexity index is 830. The summed E-state index contributed by atoms with van der Waals surface area (Å²) in [5.41, 5.74) is 1.24. The first kappa shape index (κ1) is 25.1. The maximum Gasteiger partial charge on any atom is 0.227 e. The van der Waals surface area contributed by atoms with E-state index in [9.17, 15) is 0 Å². The molecule has 3 rings (SSSR count). The van der Waals surface area contributed by atoms with Gasteiger partial charge >= 0.3 is 0 Å². The van der Waals surface area contributed by atoms with E-state index in [0.29, 0.717) is 5.95 Å². The number of piperidine rings is 1. The third-order valence-corrected chi connectivity index (χ3v) is 6.13. The largest absolute Gasteiger partial charge is 0.334 e. The quantitative estimate of drug-likeness (QED) is 0.536. The SMILES string of the molecule is [CH2]CCCC(=NC1CC(C)(C)NC(C)(C)C1)[C]1Nc2nc1nc(C(C)(C)CC(C)(C)C)n2. The van der Waals surface area contributed by atoms with Gasteiger partial charge in [-0.2, -0.15) is 9.97 Å². The molecule has 0 unspecified atom stereocenters. The van der Waals surface area contributed by atoms with Crippen LogP contribution in [0.5, 0.6) is 0 Å². The minimum Gasteiger partial charge on any atom is -0.334 e. The van der Waals surface area contributed by atoms with Crippen molar-refractivity contribution in [2.75, 3.05) is 5.32 Å². The molecule has 1 aromatic heterocycles. The summed E-state index contributed by atoms with van der Waals surface area (Å²) < 4.78 is 0. The van der Waals surface area contributed by atoms with Gasteiger partial charge in [0.05, 0.1) is 6.04 Å². The van der Waals surface area contributed by atoms with Crippen LogP contribution in [0, 0.1) is 18.4 Å². The molecule has 2 aliphatic heterocycles. The minimum absolute atomic E-state index is 0.0565. The molecule has 0 aliphatic carbocycles. The highest BCUT2D eigenvalue weighted by Gasteiger charge is 2.40. The smallest absolute Gasteiger partial charge is 0.227 e. The van der Waals surface area contributed by atoms with Gasteiger partial charge < -0.3 is 10.6 Å². The Kier molecular flexibility index (Phi) is 6.78. The number of aliphatic imine (C=N–C) groups is 1. The molecule has 2 aliphatic rings. The third-order valence-electron chi connectivity index (χ3n) is 6.13. The van der Waals surface area contributed by atoms with E-state index in [0.717, 1.165) is 61.9 Å². The fourth-order valence-electron chi connectivity index (χ4n) is 5.75. The molecule has 3 heterocycles. The second-order valence-electron chi connectivity index (χ2n) is 12.9. The summed E-state index contributed by atoms with van der Waals surface area (Å²) in [5, 5.41) is 7.20. The summed E-state index contributed by atoms with van der Waals surface area (Å²) in [5.74, 6) is 2.24. The van der Waals surface area contributed by atoms with Gasteiger partial charge in [-0.05, 0) is 65.2 Å². The molecule has 32 heavy (non-hydrogen) atoms. The maximum atomic E-state index is 5.30. The van der Waals surface area contributed by atoms with Gasteiger partial charge in [-0.25, -0.2) is 4.98 Å². The molecule has 1 saturated heterocycles. The van der Waals surface area contributed by atoms with Crippen molar-refractivity contribution < 1.29 is 0 Å². The summed E-state index contributed by atoms with van der Waals surface area (Å²) in [6.07, 6.45) is 5.78. The summed E-state index contributed by atoms with van der Waals surface area (Å²) in [6, 6.07) is 1.20. The molecule has 1 fully saturated rings. The van der Waals surface area contributed by atoms with Crippen LogP contribution in [-0.4, -0.2) is 37.8 Å². The van der Waals surface area contributed by atoms with E-state index in [-0.39, 0.29) is 27.9 Å². The lowest BCUT2D eigenvalue weighted by atomic mass is 9.76. The molecular formula is C26H44N6. The molecule has 2 radical (unpaired) electrons. The fraction of sp³-hybridized carbons (Fsp3) is 0.769. The second-order valence-corrected chi connectivity index (χ2v) is 12.9. The van der Waals surface area contributed by atoms with Crippen LogP contribution in [0.15, 0.2) is 4.99 Å². The standard InChI is InChI=1S/C26H44N6/c1-11-12-13-18(27-17-14-25(7,8)32-26(9,10)15-17)19-20-29-21(31-22(28-19)30-20)24(5,6)16-23(2,3)4/h17,32H,1,11-16H2,2-10H3,(H,28,29,30,31). The number of rotatable bonds is 7. The molecule has 0 spiro atoms. The van der Waals surface area contributed by atoms with Crippen LogP contribution >= 0.6 is 0 Å². The fourth-order valence-corrected chi connectivity index (χ4v) is 5.75. The van der Waals surface area contributed by atoms with E-state index < -0.39 is 0 Å². The van der Waals surface area contributed by atoms with Crippen molar-refractivity contribution in [1.82, 2.24) is 20.3 Å². The lowest BCUT2D eigenvalue weighted by Crippen LogP contribution is -2.59. The molecule has 6 nitrogen and oxygen atoms in total. The van der Waals surface area contributed by atoms with E-state index >= 15 is 0 Å². The first-order chi connectivity index (χ1) is 14.6. The van der Waals surface area contributed by atoms with E-state index in [1.165, 1.54) is 0 Å². The van der Waals surface area contributed by atoms with Crippen LogP contribution in [-0.2, 0) is 5.41 Å². The Morgan fingerprint density at radius 1 is 1.03 bits per heavy atom. The monoisotopic (exact) mass is 440 g/mol. The second kappa shape index (κ2) is 8.66. The lowest BCUT2D eigenvalue weighted by molar-refractivity contribution is 0.164. The Labute approximate surface area is 195 Å². The van der Waals surface area contributed by atoms with Crippen molar-refractivity contribution in [2.45, 2.75) is 123 Å². The van der Waals surface area contributed by atoms with E-state index in [4.69, 9.17) is 15.0 Å². The third kappa shape index (κ3) is 6.27. The van der Waals surface area contributed by atoms with Crippen molar-refractivity contribution >= 4 is 11.7 Å². The molecule has 2 bridgehead atoms. The molecule has 178 valence electrons. The van der Waals surface area contributed by atoms with Gasteiger partial charge in [-0.15, -0.1) is 0 Å². The van der Waals surface area contributed by atoms with Crippen molar-refractivity contribution in [1.29, 1.82) is 0 Å². The summed E-state index contributed by atoms with van der Waals surface area (Å²) in [4.78, 5) is 19.6. The van der Waals surface area contributed by atoms with Crippen molar-refractivity contribution in [3.8, 4) is 0 Å². The molecule has 6 heteroatoms. The Hall–Kier alpha value is -1.56. The number of unbranched alkanes of at least 4 members (excludes halogenated alkanes) is 1. The zero-order valence-corrected chi connectivity index (χ0v) is 21.8. The first-order valence-electron chi connectivity index (χ1n) is 12.2. The zero-order valence-electron chi connectivity index (χ0n) is 21.8. The van der Waals surface area contributed by atoms with Gasteiger partial charge in [0.25, 0.3) is 0 Å². The molecule has 2 N–H and O–H groups in total. The summed E-state index contributed by atoms with van der Waals surface area (Å²) in [7, 11) is 0. The van der Waals surface area contributed by atoms with Gasteiger partial charge in [-0.3, -0.25) is 4.99 Å². The number of nitrogens with one attached hydrogen (secondary N) is 2. The Morgan fingerprint density at radius 2 is 1.66 bits per heavy atom. The predicted octanol–water partition coefficient (Wildman–Crippen LogP) is 5.65. The van der Waals surface area contributed by atoms with Crippen molar-refractivity contribution in [2.24, 2.45) is 10.4 Å². The molecule has 0 amide bonds. The van der Waals surface area contributed by atoms with Gasteiger partial charge in [-0.1, -0.05) is 48.0 Å². The van der Waals surface area contributed by atoms with Gasteiger partial charge in [0, 0.05) is 22.2 Å². The maximum absolute atomic E-state index is 5.30. The van der Waals surface area contributed by atoms with Crippen LogP contribution in [0.1, 0.15) is 112 Å². The van der Waals surface area contributed by atoms with Crippen LogP contribution in [0.25, 0.3) is 0 Å². The van der Waals surface area contributed by atoms with Crippen LogP contribution in [0.2, 0.25) is 0 Å². The van der Waals surface area contributed by atoms with Crippen LogP contribution in [0.4, 0.5) is 5.95 Å². The zero-order chi connectivity index (χ0) is 23.9. The predicted molar refractivity (Wildman–Crippen MR) is 134 cm³/mol. The summed E-state index contributed by atoms with van der Waals surface area (Å²) in [6.45, 7) is 24.4. The number of hydrogen-bond donors (Lipinski definition) is 2. The highest BCUT2D eigenvalue weighted by Crippen LogP contribution is 2.37. The highest BCUT2D eigenvalue weighted by atomic mass is 15.3. The molecule has 0 aromatic carbocycles. The van der Waals surface area contributed by atoms with Gasteiger partial charge in [0.1, 0.15) is 5.82 Å². The van der Waals surface area contributed by atoms with E-state index in [1.807, 2.05) is 0 Å². The Morgan fingerprint density at radius 3 is 2.22 bits per heavy atom. The van der Waals surface area contributed by atoms with Gasteiger partial charge in [0.2, 0.25) is 5.95 Å². The van der Waals surface area contributed by atoms with E-state index in [2.05, 4.69) is 84.9 Å². The topological polar surface area (TPSA) is 75.1 Å². The van der Waals surface area contributed by atoms with Crippen LogP contribution < -0.4 is 10.6 Å². The number of anilines is 1. The number of nitrogens with zero attached hydrogens (tertiary/aromatic N) is 4. The van der Waals surface area contributed by atoms with Crippen LogP contribution in [0.3, 0.4) is 0 Å². The minimum atomic E-state index is -0.129. The molecule has 1 aromatic rings. The number of hydrogen-bond acceptors (Lipinski definition) is 6. The van der Waals surface area contributed by atoms with Gasteiger partial charge in [0.15, 0.2) is 11.9 Å². The van der Waals surface area contributed by atoms with Crippen molar-refractivity contribution in [3.63, 3.8) is 0 Å². The average Bonchev–Trinajstić information content (AvgIpc) is 2.87. The lowest BCUT2D eigenvalue weighted by Gasteiger charge is -2.45. The number of fused-ring (bicyclic) bond motifs is 2.